The molecule has 1 aliphatic rings. The number of aliphatic hydroxyl groups excluding tert-OH is 1. The van der Waals surface area contributed by atoms with E-state index in [4.69, 9.17) is 4.98 Å². The predicted octanol–water partition coefficient (Wildman–Crippen LogP) is 2.19. The SMILES string of the molecule is Cc1[nH]c(C2(CO)CCC2)nc1-c1ccncc1. The Bertz CT molecular complexity index is 538. The molecule has 0 aliphatic heterocycles. The summed E-state index contributed by atoms with van der Waals surface area (Å²) < 4.78 is 0. The van der Waals surface area contributed by atoms with Crippen LogP contribution in [0.4, 0.5) is 0 Å². The molecule has 0 amide bonds. The zero-order valence-electron chi connectivity index (χ0n) is 10.5. The van der Waals surface area contributed by atoms with Crippen molar-refractivity contribution in [3.8, 4) is 11.3 Å². The lowest BCUT2D eigenvalue weighted by molar-refractivity contribution is 0.113. The quantitative estimate of drug-likeness (QED) is 0.868. The summed E-state index contributed by atoms with van der Waals surface area (Å²) in [6.07, 6.45) is 6.76. The molecule has 0 spiro atoms. The molecule has 4 heteroatoms. The van der Waals surface area contributed by atoms with Crippen LogP contribution in [0.1, 0.15) is 30.8 Å². The Hall–Kier alpha value is -1.68. The molecule has 1 fully saturated rings. The van der Waals surface area contributed by atoms with Gasteiger partial charge in [-0.05, 0) is 31.9 Å². The molecule has 94 valence electrons. The zero-order valence-corrected chi connectivity index (χ0v) is 10.5. The fraction of sp³-hybridized carbons (Fsp3) is 0.429. The van der Waals surface area contributed by atoms with Crippen molar-refractivity contribution in [3.05, 3.63) is 36.0 Å². The monoisotopic (exact) mass is 243 g/mol. The Morgan fingerprint density at radius 2 is 2.06 bits per heavy atom. The normalized spacial score (nSPS) is 17.4. The van der Waals surface area contributed by atoms with E-state index < -0.39 is 0 Å². The summed E-state index contributed by atoms with van der Waals surface area (Å²) in [6, 6.07) is 3.92. The van der Waals surface area contributed by atoms with E-state index in [1.54, 1.807) is 12.4 Å². The first-order valence-electron chi connectivity index (χ1n) is 6.33. The molecule has 2 aromatic heterocycles. The van der Waals surface area contributed by atoms with Gasteiger partial charge in [-0.1, -0.05) is 6.42 Å². The summed E-state index contributed by atoms with van der Waals surface area (Å²) in [4.78, 5) is 12.1. The minimum atomic E-state index is -0.129. The fourth-order valence-corrected chi connectivity index (χ4v) is 2.58. The summed E-state index contributed by atoms with van der Waals surface area (Å²) in [6.45, 7) is 2.20. The molecule has 1 aliphatic carbocycles. The van der Waals surface area contributed by atoms with Gasteiger partial charge < -0.3 is 10.1 Å². The van der Waals surface area contributed by atoms with E-state index in [2.05, 4.69) is 9.97 Å². The topological polar surface area (TPSA) is 61.8 Å². The van der Waals surface area contributed by atoms with E-state index in [1.165, 1.54) is 6.42 Å². The van der Waals surface area contributed by atoms with Crippen LogP contribution in [-0.2, 0) is 5.41 Å². The van der Waals surface area contributed by atoms with Gasteiger partial charge in [-0.25, -0.2) is 4.98 Å². The number of H-pyrrole nitrogens is 1. The number of nitrogens with zero attached hydrogens (tertiary/aromatic N) is 2. The second-order valence-corrected chi connectivity index (χ2v) is 5.09. The lowest BCUT2D eigenvalue weighted by Crippen LogP contribution is -2.39. The second kappa shape index (κ2) is 4.21. The van der Waals surface area contributed by atoms with Gasteiger partial charge in [0.15, 0.2) is 0 Å². The van der Waals surface area contributed by atoms with Crippen molar-refractivity contribution in [3.63, 3.8) is 0 Å². The van der Waals surface area contributed by atoms with Crippen molar-refractivity contribution in [2.45, 2.75) is 31.6 Å². The standard InChI is InChI=1S/C14H17N3O/c1-10-12(11-3-7-15-8-4-11)17-13(16-10)14(9-18)5-2-6-14/h3-4,7-8,18H,2,5-6,9H2,1H3,(H,16,17). The molecule has 0 bridgehead atoms. The van der Waals surface area contributed by atoms with Gasteiger partial charge in [0.25, 0.3) is 0 Å². The van der Waals surface area contributed by atoms with E-state index in [-0.39, 0.29) is 12.0 Å². The van der Waals surface area contributed by atoms with Crippen LogP contribution in [0.15, 0.2) is 24.5 Å². The molecular weight excluding hydrogens is 226 g/mol. The molecule has 0 radical (unpaired) electrons. The number of imidazole rings is 1. The molecule has 18 heavy (non-hydrogen) atoms. The average molecular weight is 243 g/mol. The molecule has 0 saturated heterocycles. The predicted molar refractivity (Wildman–Crippen MR) is 69.2 cm³/mol. The fourth-order valence-electron chi connectivity index (χ4n) is 2.58. The molecular formula is C14H17N3O. The van der Waals surface area contributed by atoms with Gasteiger partial charge in [0.2, 0.25) is 0 Å². The summed E-state index contributed by atoms with van der Waals surface area (Å²) in [5.41, 5.74) is 2.95. The van der Waals surface area contributed by atoms with Crippen molar-refractivity contribution in [1.29, 1.82) is 0 Å². The molecule has 4 nitrogen and oxygen atoms in total. The maximum absolute atomic E-state index is 9.59. The molecule has 0 aromatic carbocycles. The maximum Gasteiger partial charge on any atom is 0.115 e. The summed E-state index contributed by atoms with van der Waals surface area (Å²) >= 11 is 0. The Labute approximate surface area is 106 Å². The Morgan fingerprint density at radius 1 is 1.33 bits per heavy atom. The average Bonchev–Trinajstić information content (AvgIpc) is 2.72. The molecule has 2 heterocycles. The van der Waals surface area contributed by atoms with Gasteiger partial charge in [-0.15, -0.1) is 0 Å². The molecule has 0 unspecified atom stereocenters. The van der Waals surface area contributed by atoms with Gasteiger partial charge in [0, 0.05) is 23.7 Å². The molecule has 3 rings (SSSR count). The number of pyridine rings is 1. The van der Waals surface area contributed by atoms with Crippen LogP contribution >= 0.6 is 0 Å². The minimum absolute atomic E-state index is 0.129. The number of nitrogens with one attached hydrogen (secondary N) is 1. The van der Waals surface area contributed by atoms with Gasteiger partial charge >= 0.3 is 0 Å². The number of aliphatic hydroxyl groups is 1. The smallest absolute Gasteiger partial charge is 0.115 e. The second-order valence-electron chi connectivity index (χ2n) is 5.09. The first kappa shape index (κ1) is 11.4. The lowest BCUT2D eigenvalue weighted by Gasteiger charge is -2.38. The lowest BCUT2D eigenvalue weighted by atomic mass is 9.69. The van der Waals surface area contributed by atoms with Crippen molar-refractivity contribution < 1.29 is 5.11 Å². The molecule has 2 N–H and O–H groups in total. The summed E-state index contributed by atoms with van der Waals surface area (Å²) in [5, 5.41) is 9.59. The van der Waals surface area contributed by atoms with Crippen LogP contribution in [0.25, 0.3) is 11.3 Å². The highest BCUT2D eigenvalue weighted by atomic mass is 16.3. The highest BCUT2D eigenvalue weighted by molar-refractivity contribution is 5.61. The first-order chi connectivity index (χ1) is 8.75. The highest BCUT2D eigenvalue weighted by Crippen LogP contribution is 2.42. The zero-order chi connectivity index (χ0) is 12.6. The maximum atomic E-state index is 9.59. The van der Waals surface area contributed by atoms with Gasteiger partial charge in [-0.3, -0.25) is 4.98 Å². The number of aromatic nitrogens is 3. The van der Waals surface area contributed by atoms with Crippen molar-refractivity contribution in [2.24, 2.45) is 0 Å². The van der Waals surface area contributed by atoms with Gasteiger partial charge in [-0.2, -0.15) is 0 Å². The van der Waals surface area contributed by atoms with E-state index >= 15 is 0 Å². The molecule has 0 atom stereocenters. The van der Waals surface area contributed by atoms with Crippen molar-refractivity contribution in [2.75, 3.05) is 6.61 Å². The number of rotatable bonds is 3. The first-order valence-corrected chi connectivity index (χ1v) is 6.33. The van der Waals surface area contributed by atoms with Crippen LogP contribution in [0.5, 0.6) is 0 Å². The van der Waals surface area contributed by atoms with E-state index in [0.717, 1.165) is 35.6 Å². The van der Waals surface area contributed by atoms with Gasteiger partial charge in [0.1, 0.15) is 5.82 Å². The van der Waals surface area contributed by atoms with Crippen LogP contribution in [0, 0.1) is 6.92 Å². The highest BCUT2D eigenvalue weighted by Gasteiger charge is 2.41. The van der Waals surface area contributed by atoms with Crippen LogP contribution in [-0.4, -0.2) is 26.7 Å². The van der Waals surface area contributed by atoms with E-state index in [0.29, 0.717) is 0 Å². The third-order valence-corrected chi connectivity index (χ3v) is 3.95. The van der Waals surface area contributed by atoms with Crippen LogP contribution < -0.4 is 0 Å². The van der Waals surface area contributed by atoms with Gasteiger partial charge in [0.05, 0.1) is 17.7 Å². The molecule has 2 aromatic rings. The number of hydrogen-bond acceptors (Lipinski definition) is 3. The number of aromatic amines is 1. The Kier molecular flexibility index (Phi) is 2.67. The van der Waals surface area contributed by atoms with Crippen molar-refractivity contribution >= 4 is 0 Å². The Balaban J connectivity index is 2.01. The molecule has 1 saturated carbocycles. The largest absolute Gasteiger partial charge is 0.395 e. The van der Waals surface area contributed by atoms with Crippen molar-refractivity contribution in [1.82, 2.24) is 15.0 Å². The third-order valence-electron chi connectivity index (χ3n) is 3.95. The summed E-state index contributed by atoms with van der Waals surface area (Å²) in [7, 11) is 0. The minimum Gasteiger partial charge on any atom is -0.395 e. The third kappa shape index (κ3) is 1.64. The Morgan fingerprint density at radius 3 is 2.61 bits per heavy atom. The number of hydrogen-bond donors (Lipinski definition) is 2. The van der Waals surface area contributed by atoms with E-state index in [9.17, 15) is 5.11 Å². The van der Waals surface area contributed by atoms with Crippen LogP contribution in [0.3, 0.4) is 0 Å². The number of aryl methyl sites for hydroxylation is 1. The van der Waals surface area contributed by atoms with Crippen LogP contribution in [0.2, 0.25) is 0 Å². The van der Waals surface area contributed by atoms with E-state index in [1.807, 2.05) is 19.1 Å². The summed E-state index contributed by atoms with van der Waals surface area (Å²) in [5.74, 6) is 0.931.